The molecular weight excluding hydrogens is 314 g/mol. The average Bonchev–Trinajstić information content (AvgIpc) is 2.61. The Morgan fingerprint density at radius 3 is 1.96 bits per heavy atom. The number of aliphatic hydroxyl groups excluding tert-OH is 2. The standard InChI is InChI=1S/C21H35NO3/c1-3-4-5-6-7-8-9-10-19-11-13-20(14-12-19)15-21(16-23,17-24)22-18(2)25/h11-14,23-24H,3-10,15-17H2,1-2H3,(H,22,25). The number of aliphatic hydroxyl groups is 2. The molecule has 25 heavy (non-hydrogen) atoms. The van der Waals surface area contributed by atoms with Crippen LogP contribution in [-0.2, 0) is 17.6 Å². The van der Waals surface area contributed by atoms with E-state index in [9.17, 15) is 15.0 Å². The fraction of sp³-hybridized carbons (Fsp3) is 0.667. The summed E-state index contributed by atoms with van der Waals surface area (Å²) in [7, 11) is 0. The van der Waals surface area contributed by atoms with Gasteiger partial charge in [-0.1, -0.05) is 69.7 Å². The zero-order valence-corrected chi connectivity index (χ0v) is 15.9. The van der Waals surface area contributed by atoms with E-state index in [0.717, 1.165) is 12.0 Å². The Morgan fingerprint density at radius 1 is 0.920 bits per heavy atom. The van der Waals surface area contributed by atoms with Gasteiger partial charge in [0.2, 0.25) is 5.91 Å². The molecule has 1 rings (SSSR count). The molecule has 4 heteroatoms. The molecule has 1 aromatic rings. The lowest BCUT2D eigenvalue weighted by Crippen LogP contribution is -2.55. The van der Waals surface area contributed by atoms with Crippen molar-refractivity contribution in [3.8, 4) is 0 Å². The lowest BCUT2D eigenvalue weighted by molar-refractivity contribution is -0.122. The van der Waals surface area contributed by atoms with E-state index < -0.39 is 5.54 Å². The van der Waals surface area contributed by atoms with Gasteiger partial charge in [0.25, 0.3) is 0 Å². The van der Waals surface area contributed by atoms with Gasteiger partial charge in [-0.15, -0.1) is 0 Å². The maximum absolute atomic E-state index is 11.3. The fourth-order valence-electron chi connectivity index (χ4n) is 3.16. The summed E-state index contributed by atoms with van der Waals surface area (Å²) in [6, 6.07) is 8.27. The van der Waals surface area contributed by atoms with Gasteiger partial charge < -0.3 is 15.5 Å². The highest BCUT2D eigenvalue weighted by Gasteiger charge is 2.29. The molecule has 0 radical (unpaired) electrons. The summed E-state index contributed by atoms with van der Waals surface area (Å²) in [5.74, 6) is -0.251. The van der Waals surface area contributed by atoms with E-state index in [2.05, 4.69) is 24.4 Å². The molecule has 0 unspecified atom stereocenters. The van der Waals surface area contributed by atoms with Crippen LogP contribution in [0.15, 0.2) is 24.3 Å². The van der Waals surface area contributed by atoms with Gasteiger partial charge >= 0.3 is 0 Å². The molecule has 0 saturated carbocycles. The quantitative estimate of drug-likeness (QED) is 0.478. The molecule has 0 bridgehead atoms. The molecule has 0 atom stereocenters. The fourth-order valence-corrected chi connectivity index (χ4v) is 3.16. The molecule has 3 N–H and O–H groups in total. The molecule has 4 nitrogen and oxygen atoms in total. The first-order valence-corrected chi connectivity index (χ1v) is 9.63. The number of benzene rings is 1. The monoisotopic (exact) mass is 349 g/mol. The van der Waals surface area contributed by atoms with Crippen LogP contribution in [0.3, 0.4) is 0 Å². The predicted molar refractivity (Wildman–Crippen MR) is 103 cm³/mol. The summed E-state index contributed by atoms with van der Waals surface area (Å²) in [5, 5.41) is 21.9. The third kappa shape index (κ3) is 8.50. The third-order valence-electron chi connectivity index (χ3n) is 4.68. The minimum Gasteiger partial charge on any atom is -0.394 e. The summed E-state index contributed by atoms with van der Waals surface area (Å²) in [6.45, 7) is 3.06. The van der Waals surface area contributed by atoms with Crippen LogP contribution in [0.25, 0.3) is 0 Å². The number of nitrogens with one attached hydrogen (secondary N) is 1. The Hall–Kier alpha value is -1.39. The van der Waals surface area contributed by atoms with E-state index in [1.165, 1.54) is 57.4 Å². The lowest BCUT2D eigenvalue weighted by atomic mass is 9.91. The van der Waals surface area contributed by atoms with Crippen molar-refractivity contribution in [1.82, 2.24) is 5.32 Å². The van der Waals surface area contributed by atoms with Crippen LogP contribution in [-0.4, -0.2) is 34.9 Å². The SMILES string of the molecule is CCCCCCCCCc1ccc(CC(CO)(CO)NC(C)=O)cc1. The molecule has 0 saturated heterocycles. The van der Waals surface area contributed by atoms with Gasteiger partial charge in [0.1, 0.15) is 0 Å². The van der Waals surface area contributed by atoms with E-state index in [0.29, 0.717) is 6.42 Å². The highest BCUT2D eigenvalue weighted by Crippen LogP contribution is 2.16. The Morgan fingerprint density at radius 2 is 1.44 bits per heavy atom. The second kappa shape index (κ2) is 12.0. The number of hydrogen-bond donors (Lipinski definition) is 3. The number of amides is 1. The van der Waals surface area contributed by atoms with Crippen molar-refractivity contribution in [2.75, 3.05) is 13.2 Å². The van der Waals surface area contributed by atoms with E-state index >= 15 is 0 Å². The van der Waals surface area contributed by atoms with E-state index in [1.807, 2.05) is 12.1 Å². The minimum atomic E-state index is -0.994. The first-order valence-electron chi connectivity index (χ1n) is 9.63. The molecule has 142 valence electrons. The second-order valence-corrected chi connectivity index (χ2v) is 7.14. The maximum atomic E-state index is 11.3. The first kappa shape index (κ1) is 21.7. The van der Waals surface area contributed by atoms with Gasteiger partial charge in [0.15, 0.2) is 0 Å². The Kier molecular flexibility index (Phi) is 10.4. The largest absolute Gasteiger partial charge is 0.394 e. The van der Waals surface area contributed by atoms with Crippen LogP contribution in [0.5, 0.6) is 0 Å². The summed E-state index contributed by atoms with van der Waals surface area (Å²) < 4.78 is 0. The molecule has 0 spiro atoms. The normalized spacial score (nSPS) is 11.5. The van der Waals surface area contributed by atoms with Crippen molar-refractivity contribution in [1.29, 1.82) is 0 Å². The molecule has 0 aliphatic heterocycles. The molecule has 1 amide bonds. The number of rotatable bonds is 13. The number of carbonyl (C=O) groups excluding carboxylic acids is 1. The summed E-state index contributed by atoms with van der Waals surface area (Å²) in [4.78, 5) is 11.3. The van der Waals surface area contributed by atoms with Gasteiger partial charge in [-0.3, -0.25) is 4.79 Å². The van der Waals surface area contributed by atoms with Crippen molar-refractivity contribution in [2.45, 2.75) is 77.2 Å². The van der Waals surface area contributed by atoms with E-state index in [1.54, 1.807) is 0 Å². The molecule has 0 fully saturated rings. The van der Waals surface area contributed by atoms with Crippen LogP contribution in [0.4, 0.5) is 0 Å². The highest BCUT2D eigenvalue weighted by atomic mass is 16.3. The Bertz CT molecular complexity index is 480. The average molecular weight is 350 g/mol. The van der Waals surface area contributed by atoms with Crippen LogP contribution >= 0.6 is 0 Å². The minimum absolute atomic E-state index is 0.251. The van der Waals surface area contributed by atoms with Crippen molar-refractivity contribution >= 4 is 5.91 Å². The van der Waals surface area contributed by atoms with Crippen LogP contribution in [0.1, 0.15) is 69.9 Å². The van der Waals surface area contributed by atoms with E-state index in [-0.39, 0.29) is 19.1 Å². The molecule has 1 aromatic carbocycles. The zero-order chi connectivity index (χ0) is 18.5. The summed E-state index contributed by atoms with van der Waals surface area (Å²) >= 11 is 0. The summed E-state index contributed by atoms with van der Waals surface area (Å²) in [5.41, 5.74) is 1.32. The number of hydrogen-bond acceptors (Lipinski definition) is 3. The second-order valence-electron chi connectivity index (χ2n) is 7.14. The van der Waals surface area contributed by atoms with Crippen molar-refractivity contribution in [3.63, 3.8) is 0 Å². The topological polar surface area (TPSA) is 69.6 Å². The predicted octanol–water partition coefficient (Wildman–Crippen LogP) is 3.38. The van der Waals surface area contributed by atoms with Gasteiger partial charge in [-0.25, -0.2) is 0 Å². The molecule has 0 aliphatic rings. The lowest BCUT2D eigenvalue weighted by Gasteiger charge is -2.30. The van der Waals surface area contributed by atoms with Crippen molar-refractivity contribution in [2.24, 2.45) is 0 Å². The number of carbonyl (C=O) groups is 1. The third-order valence-corrected chi connectivity index (χ3v) is 4.68. The molecule has 0 heterocycles. The molecular formula is C21H35NO3. The number of unbranched alkanes of at least 4 members (excludes halogenated alkanes) is 6. The first-order chi connectivity index (χ1) is 12.0. The molecule has 0 aliphatic carbocycles. The van der Waals surface area contributed by atoms with Gasteiger partial charge in [-0.05, 0) is 30.4 Å². The van der Waals surface area contributed by atoms with Gasteiger partial charge in [-0.2, -0.15) is 0 Å². The smallest absolute Gasteiger partial charge is 0.217 e. The van der Waals surface area contributed by atoms with Gasteiger partial charge in [0.05, 0.1) is 18.8 Å². The zero-order valence-electron chi connectivity index (χ0n) is 15.9. The van der Waals surface area contributed by atoms with Crippen LogP contribution < -0.4 is 5.32 Å². The van der Waals surface area contributed by atoms with Crippen LogP contribution in [0.2, 0.25) is 0 Å². The van der Waals surface area contributed by atoms with Crippen LogP contribution in [0, 0.1) is 0 Å². The highest BCUT2D eigenvalue weighted by molar-refractivity contribution is 5.74. The Balaban J connectivity index is 2.43. The number of aryl methyl sites for hydroxylation is 1. The summed E-state index contributed by atoms with van der Waals surface area (Å²) in [6.07, 6.45) is 10.7. The Labute approximate surface area is 152 Å². The molecule has 0 aromatic heterocycles. The van der Waals surface area contributed by atoms with Crippen molar-refractivity contribution < 1.29 is 15.0 Å². The van der Waals surface area contributed by atoms with Crippen molar-refractivity contribution in [3.05, 3.63) is 35.4 Å². The van der Waals surface area contributed by atoms with Gasteiger partial charge in [0, 0.05) is 6.92 Å². The van der Waals surface area contributed by atoms with E-state index in [4.69, 9.17) is 0 Å². The maximum Gasteiger partial charge on any atom is 0.217 e.